The molecule has 0 fully saturated rings. The Morgan fingerprint density at radius 1 is 1.37 bits per heavy atom. The van der Waals surface area contributed by atoms with E-state index < -0.39 is 16.0 Å². The van der Waals surface area contributed by atoms with Crippen molar-refractivity contribution in [2.45, 2.75) is 31.7 Å². The summed E-state index contributed by atoms with van der Waals surface area (Å²) in [5.41, 5.74) is 2.21. The van der Waals surface area contributed by atoms with Crippen LogP contribution in [-0.2, 0) is 21.2 Å². The molecule has 104 valence electrons. The first-order valence-electron chi connectivity index (χ1n) is 6.27. The predicted octanol–water partition coefficient (Wildman–Crippen LogP) is 1.46. The van der Waals surface area contributed by atoms with Gasteiger partial charge in [-0.05, 0) is 30.4 Å². The summed E-state index contributed by atoms with van der Waals surface area (Å²) in [6.07, 6.45) is 1.65. The van der Waals surface area contributed by atoms with E-state index in [2.05, 4.69) is 4.72 Å². The highest BCUT2D eigenvalue weighted by molar-refractivity contribution is 7.89. The maximum atomic E-state index is 11.9. The monoisotopic (exact) mass is 283 g/mol. The lowest BCUT2D eigenvalue weighted by atomic mass is 10.1. The van der Waals surface area contributed by atoms with Crippen LogP contribution in [0.25, 0.3) is 0 Å². The standard InChI is InChI=1S/C13H17NO4S/c15-13(16)6-3-9-19(17,18)14-12-8-7-10-4-1-2-5-11(10)12/h1-2,4-5,12,14H,3,6-9H2,(H,15,16). The third kappa shape index (κ3) is 3.78. The molecule has 19 heavy (non-hydrogen) atoms. The van der Waals surface area contributed by atoms with Crippen LogP contribution in [0.3, 0.4) is 0 Å². The molecule has 1 aliphatic rings. The van der Waals surface area contributed by atoms with E-state index in [0.717, 1.165) is 18.4 Å². The number of benzene rings is 1. The SMILES string of the molecule is O=C(O)CCCS(=O)(=O)NC1CCc2ccccc21. The van der Waals surface area contributed by atoms with E-state index >= 15 is 0 Å². The molecular weight excluding hydrogens is 266 g/mol. The second-order valence-electron chi connectivity index (χ2n) is 4.72. The minimum atomic E-state index is -3.42. The molecule has 0 amide bonds. The average molecular weight is 283 g/mol. The van der Waals surface area contributed by atoms with Gasteiger partial charge in [0.25, 0.3) is 0 Å². The van der Waals surface area contributed by atoms with Crippen molar-refractivity contribution in [3.05, 3.63) is 35.4 Å². The lowest BCUT2D eigenvalue weighted by Gasteiger charge is -2.14. The van der Waals surface area contributed by atoms with Gasteiger partial charge in [0, 0.05) is 12.5 Å². The van der Waals surface area contributed by atoms with Crippen LogP contribution in [0.4, 0.5) is 0 Å². The van der Waals surface area contributed by atoms with E-state index in [4.69, 9.17) is 5.11 Å². The first kappa shape index (κ1) is 14.0. The molecule has 0 aliphatic heterocycles. The van der Waals surface area contributed by atoms with Crippen LogP contribution < -0.4 is 4.72 Å². The van der Waals surface area contributed by atoms with E-state index in [0.29, 0.717) is 0 Å². The molecule has 2 rings (SSSR count). The molecule has 0 aromatic heterocycles. The Bertz CT molecular complexity index is 568. The molecule has 0 spiro atoms. The zero-order valence-corrected chi connectivity index (χ0v) is 11.3. The van der Waals surface area contributed by atoms with Gasteiger partial charge in [0.15, 0.2) is 0 Å². The number of nitrogens with one attached hydrogen (secondary N) is 1. The normalized spacial score (nSPS) is 18.2. The second kappa shape index (κ2) is 5.71. The number of rotatable bonds is 6. The Hall–Kier alpha value is -1.40. The van der Waals surface area contributed by atoms with Crippen LogP contribution >= 0.6 is 0 Å². The van der Waals surface area contributed by atoms with Crippen LogP contribution in [0, 0.1) is 0 Å². The summed E-state index contributed by atoms with van der Waals surface area (Å²) in [6.45, 7) is 0. The van der Waals surface area contributed by atoms with Crippen molar-refractivity contribution in [3.8, 4) is 0 Å². The van der Waals surface area contributed by atoms with Crippen molar-refractivity contribution in [3.63, 3.8) is 0 Å². The third-order valence-electron chi connectivity index (χ3n) is 3.26. The number of hydrogen-bond acceptors (Lipinski definition) is 3. The fourth-order valence-corrected chi connectivity index (χ4v) is 3.69. The number of fused-ring (bicyclic) bond motifs is 1. The number of aliphatic carboxylic acids is 1. The van der Waals surface area contributed by atoms with Crippen molar-refractivity contribution < 1.29 is 18.3 Å². The number of carbonyl (C=O) groups is 1. The molecule has 1 atom stereocenters. The van der Waals surface area contributed by atoms with E-state index in [9.17, 15) is 13.2 Å². The largest absolute Gasteiger partial charge is 0.481 e. The van der Waals surface area contributed by atoms with Gasteiger partial charge in [0.2, 0.25) is 10.0 Å². The maximum absolute atomic E-state index is 11.9. The fourth-order valence-electron chi connectivity index (χ4n) is 2.37. The molecule has 5 nitrogen and oxygen atoms in total. The van der Waals surface area contributed by atoms with Gasteiger partial charge in [0.05, 0.1) is 5.75 Å². The molecule has 0 bridgehead atoms. The van der Waals surface area contributed by atoms with E-state index in [-0.39, 0.29) is 24.6 Å². The molecule has 1 aliphatic carbocycles. The summed E-state index contributed by atoms with van der Waals surface area (Å²) in [4.78, 5) is 10.4. The van der Waals surface area contributed by atoms with Gasteiger partial charge in [-0.2, -0.15) is 0 Å². The number of aryl methyl sites for hydroxylation is 1. The Balaban J connectivity index is 1.96. The van der Waals surface area contributed by atoms with Crippen LogP contribution in [0.2, 0.25) is 0 Å². The van der Waals surface area contributed by atoms with Crippen LogP contribution in [-0.4, -0.2) is 25.2 Å². The zero-order chi connectivity index (χ0) is 13.9. The van der Waals surface area contributed by atoms with Crippen molar-refractivity contribution in [2.24, 2.45) is 0 Å². The van der Waals surface area contributed by atoms with Gasteiger partial charge in [-0.15, -0.1) is 0 Å². The van der Waals surface area contributed by atoms with Gasteiger partial charge >= 0.3 is 5.97 Å². The van der Waals surface area contributed by atoms with Crippen molar-refractivity contribution in [1.82, 2.24) is 4.72 Å². The Morgan fingerprint density at radius 2 is 2.11 bits per heavy atom. The van der Waals surface area contributed by atoms with Gasteiger partial charge < -0.3 is 5.11 Å². The molecule has 0 heterocycles. The molecule has 1 aromatic rings. The molecule has 0 saturated carbocycles. The summed E-state index contributed by atoms with van der Waals surface area (Å²) < 4.78 is 26.4. The predicted molar refractivity (Wildman–Crippen MR) is 71.3 cm³/mol. The number of carboxylic acid groups (broad SMARTS) is 1. The first-order chi connectivity index (χ1) is 8.98. The highest BCUT2D eigenvalue weighted by atomic mass is 32.2. The summed E-state index contributed by atoms with van der Waals surface area (Å²) in [5.74, 6) is -1.11. The smallest absolute Gasteiger partial charge is 0.303 e. The Kier molecular flexibility index (Phi) is 4.21. The minimum absolute atomic E-state index is 0.123. The van der Waals surface area contributed by atoms with Gasteiger partial charge in [-0.3, -0.25) is 4.79 Å². The zero-order valence-electron chi connectivity index (χ0n) is 10.5. The summed E-state index contributed by atoms with van der Waals surface area (Å²) in [7, 11) is -3.42. The lowest BCUT2D eigenvalue weighted by molar-refractivity contribution is -0.137. The average Bonchev–Trinajstić information content (AvgIpc) is 2.71. The van der Waals surface area contributed by atoms with E-state index in [1.54, 1.807) is 0 Å². The van der Waals surface area contributed by atoms with Gasteiger partial charge in [-0.25, -0.2) is 13.1 Å². The highest BCUT2D eigenvalue weighted by Crippen LogP contribution is 2.31. The van der Waals surface area contributed by atoms with Gasteiger partial charge in [-0.1, -0.05) is 24.3 Å². The summed E-state index contributed by atoms with van der Waals surface area (Å²) in [5, 5.41) is 8.51. The van der Waals surface area contributed by atoms with Gasteiger partial charge in [0.1, 0.15) is 0 Å². The van der Waals surface area contributed by atoms with E-state index in [1.165, 1.54) is 5.56 Å². The van der Waals surface area contributed by atoms with Crippen molar-refractivity contribution >= 4 is 16.0 Å². The number of carboxylic acids is 1. The van der Waals surface area contributed by atoms with Crippen molar-refractivity contribution in [1.29, 1.82) is 0 Å². The summed E-state index contributed by atoms with van der Waals surface area (Å²) >= 11 is 0. The topological polar surface area (TPSA) is 83.5 Å². The molecule has 2 N–H and O–H groups in total. The lowest BCUT2D eigenvalue weighted by Crippen LogP contribution is -2.29. The first-order valence-corrected chi connectivity index (χ1v) is 7.93. The van der Waals surface area contributed by atoms with Crippen LogP contribution in [0.1, 0.15) is 36.4 Å². The number of sulfonamides is 1. The van der Waals surface area contributed by atoms with Crippen LogP contribution in [0.15, 0.2) is 24.3 Å². The molecule has 1 aromatic carbocycles. The van der Waals surface area contributed by atoms with Crippen molar-refractivity contribution in [2.75, 3.05) is 5.75 Å². The molecular formula is C13H17NO4S. The van der Waals surface area contributed by atoms with E-state index in [1.807, 2.05) is 24.3 Å². The molecule has 6 heteroatoms. The van der Waals surface area contributed by atoms with Crippen LogP contribution in [0.5, 0.6) is 0 Å². The highest BCUT2D eigenvalue weighted by Gasteiger charge is 2.25. The number of hydrogen-bond donors (Lipinski definition) is 2. The fraction of sp³-hybridized carbons (Fsp3) is 0.462. The molecule has 0 radical (unpaired) electrons. The Labute approximate surface area is 112 Å². The molecule has 1 unspecified atom stereocenters. The maximum Gasteiger partial charge on any atom is 0.303 e. The second-order valence-corrected chi connectivity index (χ2v) is 6.60. The quantitative estimate of drug-likeness (QED) is 0.828. The molecule has 0 saturated heterocycles. The minimum Gasteiger partial charge on any atom is -0.481 e. The summed E-state index contributed by atoms with van der Waals surface area (Å²) in [6, 6.07) is 7.62. The Morgan fingerprint density at radius 3 is 2.84 bits per heavy atom. The third-order valence-corrected chi connectivity index (χ3v) is 4.73.